The summed E-state index contributed by atoms with van der Waals surface area (Å²) in [5, 5.41) is 0. The summed E-state index contributed by atoms with van der Waals surface area (Å²) in [6.45, 7) is 6.85. The van der Waals surface area contributed by atoms with Crippen LogP contribution < -0.4 is 5.73 Å². The molecule has 0 heterocycles. The van der Waals surface area contributed by atoms with Crippen molar-refractivity contribution in [2.24, 2.45) is 11.1 Å². The number of hydrogen-bond acceptors (Lipinski definition) is 2. The van der Waals surface area contributed by atoms with E-state index in [1.165, 1.54) is 0 Å². The van der Waals surface area contributed by atoms with Crippen molar-refractivity contribution in [1.29, 1.82) is 0 Å². The van der Waals surface area contributed by atoms with Crippen LogP contribution in [-0.2, 0) is 4.79 Å². The lowest BCUT2D eigenvalue weighted by atomic mass is 9.89. The first-order valence-electron chi connectivity index (χ1n) is 4.17. The molecule has 66 valence electrons. The Bertz CT molecular complexity index is 124. The second kappa shape index (κ2) is 4.50. The molecule has 0 saturated heterocycles. The Labute approximate surface area is 69.2 Å². The highest BCUT2D eigenvalue weighted by Crippen LogP contribution is 2.19. The van der Waals surface area contributed by atoms with Gasteiger partial charge in [-0.15, -0.1) is 0 Å². The largest absolute Gasteiger partial charge is 0.330 e. The Hall–Kier alpha value is -0.370. The van der Waals surface area contributed by atoms with Crippen LogP contribution in [0, 0.1) is 5.41 Å². The molecule has 0 aliphatic rings. The molecule has 0 aromatic carbocycles. The summed E-state index contributed by atoms with van der Waals surface area (Å²) < 4.78 is 0. The van der Waals surface area contributed by atoms with Gasteiger partial charge in [-0.2, -0.15) is 0 Å². The Morgan fingerprint density at radius 3 is 2.27 bits per heavy atom. The molecule has 0 aliphatic carbocycles. The Morgan fingerprint density at radius 2 is 1.91 bits per heavy atom. The number of carbonyl (C=O) groups is 1. The van der Waals surface area contributed by atoms with Gasteiger partial charge in [0, 0.05) is 12.8 Å². The van der Waals surface area contributed by atoms with E-state index in [4.69, 9.17) is 5.73 Å². The molecular weight excluding hydrogens is 138 g/mol. The van der Waals surface area contributed by atoms with Gasteiger partial charge in [-0.1, -0.05) is 20.8 Å². The van der Waals surface area contributed by atoms with Crippen LogP contribution in [0.1, 0.15) is 40.0 Å². The predicted octanol–water partition coefficient (Wildman–Crippen LogP) is 1.73. The smallest absolute Gasteiger partial charge is 0.133 e. The molecule has 0 saturated carbocycles. The maximum atomic E-state index is 11.2. The molecule has 0 rings (SSSR count). The van der Waals surface area contributed by atoms with Crippen LogP contribution in [0.3, 0.4) is 0 Å². The molecule has 0 aromatic rings. The van der Waals surface area contributed by atoms with E-state index in [2.05, 4.69) is 20.8 Å². The summed E-state index contributed by atoms with van der Waals surface area (Å²) in [6, 6.07) is 0. The molecule has 2 N–H and O–H groups in total. The Morgan fingerprint density at radius 1 is 1.36 bits per heavy atom. The van der Waals surface area contributed by atoms with Crippen LogP contribution in [0.4, 0.5) is 0 Å². The number of nitrogens with two attached hydrogens (primary N) is 1. The van der Waals surface area contributed by atoms with Gasteiger partial charge in [-0.3, -0.25) is 4.79 Å². The van der Waals surface area contributed by atoms with E-state index in [0.717, 1.165) is 6.42 Å². The van der Waals surface area contributed by atoms with Crippen molar-refractivity contribution in [2.45, 2.75) is 40.0 Å². The third-order valence-electron chi connectivity index (χ3n) is 1.39. The fourth-order valence-corrected chi connectivity index (χ4v) is 0.979. The van der Waals surface area contributed by atoms with Crippen molar-refractivity contribution >= 4 is 5.78 Å². The van der Waals surface area contributed by atoms with Crippen LogP contribution in [0.2, 0.25) is 0 Å². The molecule has 0 fully saturated rings. The minimum atomic E-state index is 0.131. The van der Waals surface area contributed by atoms with Crippen LogP contribution in [0.15, 0.2) is 0 Å². The average molecular weight is 157 g/mol. The molecule has 0 spiro atoms. The third-order valence-corrected chi connectivity index (χ3v) is 1.39. The van der Waals surface area contributed by atoms with E-state index in [1.807, 2.05) is 0 Å². The quantitative estimate of drug-likeness (QED) is 0.675. The molecule has 0 atom stereocenters. The highest BCUT2D eigenvalue weighted by molar-refractivity contribution is 5.78. The van der Waals surface area contributed by atoms with Crippen molar-refractivity contribution in [3.05, 3.63) is 0 Å². The van der Waals surface area contributed by atoms with Crippen molar-refractivity contribution < 1.29 is 4.79 Å². The molecular formula is C9H19NO. The molecule has 0 aliphatic heterocycles. The summed E-state index contributed by atoms with van der Waals surface area (Å²) in [4.78, 5) is 11.2. The van der Waals surface area contributed by atoms with Gasteiger partial charge in [0.1, 0.15) is 5.78 Å². The molecule has 2 heteroatoms. The number of rotatable bonds is 4. The second-order valence-corrected chi connectivity index (χ2v) is 4.17. The number of carbonyl (C=O) groups excluding carboxylic acids is 1. The molecule has 0 bridgehead atoms. The summed E-state index contributed by atoms with van der Waals surface area (Å²) in [6.07, 6.45) is 2.15. The highest BCUT2D eigenvalue weighted by atomic mass is 16.1. The lowest BCUT2D eigenvalue weighted by molar-refractivity contribution is -0.120. The van der Waals surface area contributed by atoms with E-state index in [-0.39, 0.29) is 5.41 Å². The first-order chi connectivity index (χ1) is 4.95. The van der Waals surface area contributed by atoms with E-state index in [0.29, 0.717) is 25.2 Å². The summed E-state index contributed by atoms with van der Waals surface area (Å²) >= 11 is 0. The monoisotopic (exact) mass is 157 g/mol. The van der Waals surface area contributed by atoms with Gasteiger partial charge in [-0.05, 0) is 18.4 Å². The second-order valence-electron chi connectivity index (χ2n) is 4.17. The topological polar surface area (TPSA) is 43.1 Å². The van der Waals surface area contributed by atoms with Crippen molar-refractivity contribution in [3.63, 3.8) is 0 Å². The summed E-state index contributed by atoms with van der Waals surface area (Å²) in [7, 11) is 0. The average Bonchev–Trinajstić information content (AvgIpc) is 1.79. The zero-order valence-electron chi connectivity index (χ0n) is 7.81. The van der Waals surface area contributed by atoms with Gasteiger partial charge in [0.15, 0.2) is 0 Å². The maximum Gasteiger partial charge on any atom is 0.133 e. The summed E-state index contributed by atoms with van der Waals surface area (Å²) in [5.41, 5.74) is 5.42. The fourth-order valence-electron chi connectivity index (χ4n) is 0.979. The van der Waals surface area contributed by atoms with Gasteiger partial charge in [0.05, 0.1) is 0 Å². The zero-order valence-corrected chi connectivity index (χ0v) is 7.81. The lowest BCUT2D eigenvalue weighted by Gasteiger charge is -2.16. The van der Waals surface area contributed by atoms with Crippen LogP contribution in [0.5, 0.6) is 0 Å². The van der Waals surface area contributed by atoms with Crippen LogP contribution >= 0.6 is 0 Å². The Kier molecular flexibility index (Phi) is 4.34. The molecule has 2 nitrogen and oxygen atoms in total. The number of Topliss-reactive ketones (excluding diaryl/α,β-unsaturated/α-hetero) is 1. The maximum absolute atomic E-state index is 11.2. The third kappa shape index (κ3) is 7.53. The van der Waals surface area contributed by atoms with Crippen molar-refractivity contribution in [3.8, 4) is 0 Å². The standard InChI is InChI=1S/C9H19NO/c1-9(2,3)7-8(11)5-4-6-10/h4-7,10H2,1-3H3. The van der Waals surface area contributed by atoms with Gasteiger partial charge in [-0.25, -0.2) is 0 Å². The van der Waals surface area contributed by atoms with Crippen molar-refractivity contribution in [1.82, 2.24) is 0 Å². The molecule has 11 heavy (non-hydrogen) atoms. The molecule has 0 unspecified atom stereocenters. The zero-order chi connectivity index (χ0) is 8.91. The Balaban J connectivity index is 3.53. The van der Waals surface area contributed by atoms with E-state index >= 15 is 0 Å². The van der Waals surface area contributed by atoms with Gasteiger partial charge >= 0.3 is 0 Å². The van der Waals surface area contributed by atoms with Gasteiger partial charge < -0.3 is 5.73 Å². The van der Waals surface area contributed by atoms with E-state index in [1.54, 1.807) is 0 Å². The SMILES string of the molecule is CC(C)(C)CC(=O)CCCN. The lowest BCUT2D eigenvalue weighted by Crippen LogP contribution is -2.13. The summed E-state index contributed by atoms with van der Waals surface area (Å²) in [5.74, 6) is 0.336. The number of hydrogen-bond donors (Lipinski definition) is 1. The minimum Gasteiger partial charge on any atom is -0.330 e. The highest BCUT2D eigenvalue weighted by Gasteiger charge is 2.14. The van der Waals surface area contributed by atoms with Crippen LogP contribution in [0.25, 0.3) is 0 Å². The number of ketones is 1. The first-order valence-corrected chi connectivity index (χ1v) is 4.17. The van der Waals surface area contributed by atoms with Crippen molar-refractivity contribution in [2.75, 3.05) is 6.54 Å². The molecule has 0 amide bonds. The van der Waals surface area contributed by atoms with Gasteiger partial charge in [0.25, 0.3) is 0 Å². The molecule has 0 aromatic heterocycles. The predicted molar refractivity (Wildman–Crippen MR) is 47.4 cm³/mol. The first kappa shape index (κ1) is 10.6. The normalized spacial score (nSPS) is 11.6. The molecule has 0 radical (unpaired) electrons. The van der Waals surface area contributed by atoms with E-state index in [9.17, 15) is 4.79 Å². The minimum absolute atomic E-state index is 0.131. The van der Waals surface area contributed by atoms with Crippen LogP contribution in [-0.4, -0.2) is 12.3 Å². The van der Waals surface area contributed by atoms with Gasteiger partial charge in [0.2, 0.25) is 0 Å². The van der Waals surface area contributed by atoms with E-state index < -0.39 is 0 Å². The fraction of sp³-hybridized carbons (Fsp3) is 0.889.